The van der Waals surface area contributed by atoms with Crippen molar-refractivity contribution in [2.45, 2.75) is 13.0 Å². The molecule has 0 amide bonds. The highest BCUT2D eigenvalue weighted by Crippen LogP contribution is 2.31. The van der Waals surface area contributed by atoms with Crippen LogP contribution in [0.5, 0.6) is 11.5 Å². The maximum absolute atomic E-state index is 5.84. The molecule has 0 aliphatic rings. The van der Waals surface area contributed by atoms with Crippen molar-refractivity contribution in [3.8, 4) is 11.5 Å². The number of furan rings is 1. The summed E-state index contributed by atoms with van der Waals surface area (Å²) in [5, 5.41) is 0. The van der Waals surface area contributed by atoms with Crippen LogP contribution in [0.1, 0.15) is 17.4 Å². The molecular weight excluding hydrogens is 230 g/mol. The Morgan fingerprint density at radius 2 is 2.11 bits per heavy atom. The van der Waals surface area contributed by atoms with Crippen molar-refractivity contribution < 1.29 is 13.9 Å². The number of aryl methyl sites for hydroxylation is 1. The molecule has 2 rings (SSSR count). The van der Waals surface area contributed by atoms with Crippen molar-refractivity contribution in [1.82, 2.24) is 0 Å². The van der Waals surface area contributed by atoms with Crippen LogP contribution < -0.4 is 15.2 Å². The van der Waals surface area contributed by atoms with Crippen LogP contribution in [0, 0.1) is 6.92 Å². The van der Waals surface area contributed by atoms with Crippen LogP contribution in [0.25, 0.3) is 0 Å². The van der Waals surface area contributed by atoms with Crippen molar-refractivity contribution in [1.29, 1.82) is 0 Å². The van der Waals surface area contributed by atoms with Gasteiger partial charge in [0.2, 0.25) is 0 Å². The highest BCUT2D eigenvalue weighted by atomic mass is 16.5. The number of hydrogen-bond acceptors (Lipinski definition) is 4. The molecular formula is C14H17NO3. The molecule has 0 saturated heterocycles. The van der Waals surface area contributed by atoms with Crippen molar-refractivity contribution in [2.24, 2.45) is 5.73 Å². The van der Waals surface area contributed by atoms with E-state index in [0.29, 0.717) is 23.8 Å². The molecule has 1 aromatic heterocycles. The van der Waals surface area contributed by atoms with Gasteiger partial charge in [-0.25, -0.2) is 0 Å². The van der Waals surface area contributed by atoms with Gasteiger partial charge in [0.15, 0.2) is 17.6 Å². The van der Waals surface area contributed by atoms with Crippen LogP contribution in [0.3, 0.4) is 0 Å². The predicted molar refractivity (Wildman–Crippen MR) is 68.9 cm³/mol. The Morgan fingerprint density at radius 3 is 2.72 bits per heavy atom. The fourth-order valence-corrected chi connectivity index (χ4v) is 1.72. The van der Waals surface area contributed by atoms with E-state index in [-0.39, 0.29) is 6.10 Å². The summed E-state index contributed by atoms with van der Waals surface area (Å²) >= 11 is 0. The third kappa shape index (κ3) is 2.65. The summed E-state index contributed by atoms with van der Waals surface area (Å²) in [6, 6.07) is 9.42. The molecule has 0 spiro atoms. The SMILES string of the molecule is COc1cc(C)ccc1OC(CN)c1ccco1. The molecule has 1 unspecified atom stereocenters. The minimum atomic E-state index is -0.309. The quantitative estimate of drug-likeness (QED) is 0.882. The second-order valence-electron chi connectivity index (χ2n) is 4.01. The van der Waals surface area contributed by atoms with Gasteiger partial charge in [0, 0.05) is 6.54 Å². The first kappa shape index (κ1) is 12.5. The average molecular weight is 247 g/mol. The summed E-state index contributed by atoms with van der Waals surface area (Å²) in [4.78, 5) is 0. The maximum atomic E-state index is 5.84. The first-order chi connectivity index (χ1) is 8.74. The number of ether oxygens (including phenoxy) is 2. The molecule has 0 bridgehead atoms. The predicted octanol–water partition coefficient (Wildman–Crippen LogP) is 2.68. The van der Waals surface area contributed by atoms with Gasteiger partial charge in [-0.15, -0.1) is 0 Å². The van der Waals surface area contributed by atoms with Gasteiger partial charge in [-0.3, -0.25) is 0 Å². The number of methoxy groups -OCH3 is 1. The fraction of sp³-hybridized carbons (Fsp3) is 0.286. The average Bonchev–Trinajstić information content (AvgIpc) is 2.91. The third-order valence-electron chi connectivity index (χ3n) is 2.66. The van der Waals surface area contributed by atoms with E-state index in [1.165, 1.54) is 0 Å². The van der Waals surface area contributed by atoms with Gasteiger partial charge in [-0.1, -0.05) is 6.07 Å². The Bertz CT molecular complexity index is 494. The monoisotopic (exact) mass is 247 g/mol. The molecule has 2 aromatic rings. The van der Waals surface area contributed by atoms with Crippen LogP contribution in [0.15, 0.2) is 41.0 Å². The zero-order valence-corrected chi connectivity index (χ0v) is 10.6. The van der Waals surface area contributed by atoms with Gasteiger partial charge >= 0.3 is 0 Å². The van der Waals surface area contributed by atoms with E-state index in [1.807, 2.05) is 37.3 Å². The Kier molecular flexibility index (Phi) is 3.89. The number of benzene rings is 1. The number of rotatable bonds is 5. The molecule has 4 nitrogen and oxygen atoms in total. The third-order valence-corrected chi connectivity index (χ3v) is 2.66. The van der Waals surface area contributed by atoms with Crippen LogP contribution in [0.2, 0.25) is 0 Å². The van der Waals surface area contributed by atoms with E-state index >= 15 is 0 Å². The standard InChI is InChI=1S/C14H17NO3/c1-10-5-6-12(13(8-10)16-2)18-14(9-15)11-4-3-7-17-11/h3-8,14H,9,15H2,1-2H3. The van der Waals surface area contributed by atoms with Crippen molar-refractivity contribution in [3.05, 3.63) is 47.9 Å². The number of nitrogens with two attached hydrogens (primary N) is 1. The van der Waals surface area contributed by atoms with E-state index in [0.717, 1.165) is 5.56 Å². The largest absolute Gasteiger partial charge is 0.493 e. The zero-order valence-electron chi connectivity index (χ0n) is 10.6. The molecule has 1 heterocycles. The summed E-state index contributed by atoms with van der Waals surface area (Å²) < 4.78 is 16.4. The molecule has 0 aliphatic heterocycles. The molecule has 1 atom stereocenters. The van der Waals surface area contributed by atoms with E-state index in [9.17, 15) is 0 Å². The highest BCUT2D eigenvalue weighted by molar-refractivity contribution is 5.42. The van der Waals surface area contributed by atoms with Crippen molar-refractivity contribution in [3.63, 3.8) is 0 Å². The zero-order chi connectivity index (χ0) is 13.0. The molecule has 4 heteroatoms. The van der Waals surface area contributed by atoms with Crippen LogP contribution in [-0.4, -0.2) is 13.7 Å². The Hall–Kier alpha value is -1.94. The van der Waals surface area contributed by atoms with Gasteiger partial charge in [0.25, 0.3) is 0 Å². The van der Waals surface area contributed by atoms with E-state index in [4.69, 9.17) is 19.6 Å². The van der Waals surface area contributed by atoms with Gasteiger partial charge in [-0.05, 0) is 36.8 Å². The summed E-state index contributed by atoms with van der Waals surface area (Å²) in [6.07, 6.45) is 1.30. The minimum absolute atomic E-state index is 0.309. The summed E-state index contributed by atoms with van der Waals surface area (Å²) in [5.41, 5.74) is 6.82. The Labute approximate surface area is 106 Å². The second-order valence-corrected chi connectivity index (χ2v) is 4.01. The Morgan fingerprint density at radius 1 is 1.28 bits per heavy atom. The van der Waals surface area contributed by atoms with E-state index in [1.54, 1.807) is 13.4 Å². The molecule has 0 radical (unpaired) electrons. The summed E-state index contributed by atoms with van der Waals surface area (Å²) in [7, 11) is 1.62. The fourth-order valence-electron chi connectivity index (χ4n) is 1.72. The first-order valence-electron chi connectivity index (χ1n) is 5.79. The molecule has 18 heavy (non-hydrogen) atoms. The normalized spacial score (nSPS) is 12.2. The van der Waals surface area contributed by atoms with Crippen molar-refractivity contribution >= 4 is 0 Å². The smallest absolute Gasteiger partial charge is 0.168 e. The van der Waals surface area contributed by atoms with E-state index in [2.05, 4.69) is 0 Å². The number of hydrogen-bond donors (Lipinski definition) is 1. The van der Waals surface area contributed by atoms with Crippen LogP contribution in [0.4, 0.5) is 0 Å². The summed E-state index contributed by atoms with van der Waals surface area (Å²) in [6.45, 7) is 2.34. The van der Waals surface area contributed by atoms with E-state index < -0.39 is 0 Å². The lowest BCUT2D eigenvalue weighted by Crippen LogP contribution is -2.18. The topological polar surface area (TPSA) is 57.6 Å². The minimum Gasteiger partial charge on any atom is -0.493 e. The maximum Gasteiger partial charge on any atom is 0.168 e. The first-order valence-corrected chi connectivity index (χ1v) is 5.79. The summed E-state index contributed by atoms with van der Waals surface area (Å²) in [5.74, 6) is 2.06. The molecule has 0 fully saturated rings. The van der Waals surface area contributed by atoms with Gasteiger partial charge in [0.05, 0.1) is 13.4 Å². The van der Waals surface area contributed by atoms with Crippen molar-refractivity contribution in [2.75, 3.05) is 13.7 Å². The highest BCUT2D eigenvalue weighted by Gasteiger charge is 2.16. The van der Waals surface area contributed by atoms with Gasteiger partial charge in [-0.2, -0.15) is 0 Å². The molecule has 0 aliphatic carbocycles. The Balaban J connectivity index is 2.22. The lowest BCUT2D eigenvalue weighted by atomic mass is 10.2. The molecule has 96 valence electrons. The lowest BCUT2D eigenvalue weighted by molar-refractivity contribution is 0.177. The molecule has 0 saturated carbocycles. The van der Waals surface area contributed by atoms with Gasteiger partial charge < -0.3 is 19.6 Å². The molecule has 1 aromatic carbocycles. The van der Waals surface area contributed by atoms with Gasteiger partial charge in [0.1, 0.15) is 5.76 Å². The lowest BCUT2D eigenvalue weighted by Gasteiger charge is -2.17. The second kappa shape index (κ2) is 5.60. The van der Waals surface area contributed by atoms with Crippen LogP contribution in [-0.2, 0) is 0 Å². The van der Waals surface area contributed by atoms with Crippen LogP contribution >= 0.6 is 0 Å². The molecule has 2 N–H and O–H groups in total.